The van der Waals surface area contributed by atoms with Gasteiger partial charge in [0.25, 0.3) is 0 Å². The predicted molar refractivity (Wildman–Crippen MR) is 74.1 cm³/mol. The van der Waals surface area contributed by atoms with Crippen LogP contribution in [0.5, 0.6) is 0 Å². The van der Waals surface area contributed by atoms with Crippen molar-refractivity contribution >= 4 is 11.8 Å². The highest BCUT2D eigenvalue weighted by molar-refractivity contribution is 7.99. The molecule has 2 aliphatic rings. The zero-order valence-electron chi connectivity index (χ0n) is 10.9. The van der Waals surface area contributed by atoms with Crippen molar-refractivity contribution in [1.29, 1.82) is 0 Å². The lowest BCUT2D eigenvalue weighted by atomic mass is 10.0. The summed E-state index contributed by atoms with van der Waals surface area (Å²) in [6.07, 6.45) is 13.7. The van der Waals surface area contributed by atoms with Gasteiger partial charge in [0, 0.05) is 17.3 Å². The molecule has 0 aliphatic heterocycles. The van der Waals surface area contributed by atoms with Gasteiger partial charge in [-0.2, -0.15) is 11.8 Å². The van der Waals surface area contributed by atoms with Crippen LogP contribution in [-0.4, -0.2) is 23.6 Å². The van der Waals surface area contributed by atoms with Crippen molar-refractivity contribution in [2.24, 2.45) is 5.92 Å². The predicted octanol–water partition coefficient (Wildman–Crippen LogP) is 3.83. The molecule has 16 heavy (non-hydrogen) atoms. The van der Waals surface area contributed by atoms with Gasteiger partial charge in [-0.05, 0) is 50.7 Å². The summed E-state index contributed by atoms with van der Waals surface area (Å²) in [4.78, 5) is 0. The number of nitrogens with one attached hydrogen (secondary N) is 1. The molecular weight excluding hydrogens is 214 g/mol. The van der Waals surface area contributed by atoms with Crippen LogP contribution in [0, 0.1) is 5.92 Å². The summed E-state index contributed by atoms with van der Waals surface area (Å²) in [5.74, 6) is 0.967. The first-order valence-corrected chi connectivity index (χ1v) is 8.35. The van der Waals surface area contributed by atoms with E-state index in [9.17, 15) is 0 Å². The Morgan fingerprint density at radius 2 is 1.75 bits per heavy atom. The van der Waals surface area contributed by atoms with E-state index in [2.05, 4.69) is 30.3 Å². The van der Waals surface area contributed by atoms with Crippen LogP contribution in [0.4, 0.5) is 0 Å². The van der Waals surface area contributed by atoms with Gasteiger partial charge >= 0.3 is 0 Å². The lowest BCUT2D eigenvalue weighted by Gasteiger charge is -2.21. The number of hydrogen-bond acceptors (Lipinski definition) is 2. The van der Waals surface area contributed by atoms with Gasteiger partial charge in [0.2, 0.25) is 0 Å². The Labute approximate surface area is 105 Å². The molecule has 4 unspecified atom stereocenters. The molecule has 2 saturated carbocycles. The van der Waals surface area contributed by atoms with E-state index in [-0.39, 0.29) is 0 Å². The van der Waals surface area contributed by atoms with Crippen molar-refractivity contribution in [2.75, 3.05) is 6.26 Å². The van der Waals surface area contributed by atoms with Crippen LogP contribution < -0.4 is 5.32 Å². The van der Waals surface area contributed by atoms with Gasteiger partial charge in [0.1, 0.15) is 0 Å². The van der Waals surface area contributed by atoms with Crippen LogP contribution in [-0.2, 0) is 0 Å². The van der Waals surface area contributed by atoms with Gasteiger partial charge in [-0.25, -0.2) is 0 Å². The fourth-order valence-electron chi connectivity index (χ4n) is 3.29. The van der Waals surface area contributed by atoms with Crippen molar-refractivity contribution < 1.29 is 0 Å². The standard InChI is InChI=1S/C14H27NS/c1-11-4-3-5-12(7-6-11)15-13-8-9-14(10-13)16-2/h11-15H,3-10H2,1-2H3. The van der Waals surface area contributed by atoms with Gasteiger partial charge in [0.15, 0.2) is 0 Å². The molecule has 1 nitrogen and oxygen atoms in total. The van der Waals surface area contributed by atoms with Gasteiger partial charge in [-0.3, -0.25) is 0 Å². The Balaban J connectivity index is 1.72. The van der Waals surface area contributed by atoms with Crippen molar-refractivity contribution in [3.05, 3.63) is 0 Å². The molecule has 2 heteroatoms. The molecule has 0 heterocycles. The Hall–Kier alpha value is 0.310. The Morgan fingerprint density at radius 1 is 0.938 bits per heavy atom. The van der Waals surface area contributed by atoms with Crippen molar-refractivity contribution in [3.63, 3.8) is 0 Å². The van der Waals surface area contributed by atoms with Crippen LogP contribution in [0.1, 0.15) is 58.3 Å². The molecule has 4 atom stereocenters. The molecule has 2 aliphatic carbocycles. The summed E-state index contributed by atoms with van der Waals surface area (Å²) < 4.78 is 0. The molecular formula is C14H27NS. The number of hydrogen-bond donors (Lipinski definition) is 1. The highest BCUT2D eigenvalue weighted by Gasteiger charge is 2.26. The molecule has 0 amide bonds. The second-order valence-electron chi connectivity index (χ2n) is 5.84. The van der Waals surface area contributed by atoms with E-state index in [0.717, 1.165) is 23.3 Å². The first-order chi connectivity index (χ1) is 7.78. The molecule has 0 radical (unpaired) electrons. The van der Waals surface area contributed by atoms with Crippen LogP contribution in [0.3, 0.4) is 0 Å². The van der Waals surface area contributed by atoms with E-state index in [1.54, 1.807) is 0 Å². The second kappa shape index (κ2) is 6.30. The number of thioether (sulfide) groups is 1. The average molecular weight is 241 g/mol. The molecule has 0 bridgehead atoms. The van der Waals surface area contributed by atoms with Crippen LogP contribution >= 0.6 is 11.8 Å². The van der Waals surface area contributed by atoms with Crippen molar-refractivity contribution in [3.8, 4) is 0 Å². The summed E-state index contributed by atoms with van der Waals surface area (Å²) >= 11 is 2.06. The molecule has 1 N–H and O–H groups in total. The average Bonchev–Trinajstić information content (AvgIpc) is 2.63. The smallest absolute Gasteiger partial charge is 0.00805 e. The van der Waals surface area contributed by atoms with E-state index < -0.39 is 0 Å². The summed E-state index contributed by atoms with van der Waals surface area (Å²) in [5, 5.41) is 4.86. The molecule has 94 valence electrons. The summed E-state index contributed by atoms with van der Waals surface area (Å²) in [6.45, 7) is 2.42. The van der Waals surface area contributed by atoms with E-state index >= 15 is 0 Å². The quantitative estimate of drug-likeness (QED) is 0.754. The van der Waals surface area contributed by atoms with Crippen LogP contribution in [0.25, 0.3) is 0 Å². The third kappa shape index (κ3) is 3.66. The monoisotopic (exact) mass is 241 g/mol. The minimum Gasteiger partial charge on any atom is -0.311 e. The zero-order chi connectivity index (χ0) is 11.4. The molecule has 0 saturated heterocycles. The molecule has 2 fully saturated rings. The van der Waals surface area contributed by atoms with Gasteiger partial charge < -0.3 is 5.32 Å². The van der Waals surface area contributed by atoms with Crippen LogP contribution in [0.2, 0.25) is 0 Å². The lowest BCUT2D eigenvalue weighted by molar-refractivity contribution is 0.391. The second-order valence-corrected chi connectivity index (χ2v) is 6.98. The van der Waals surface area contributed by atoms with E-state index in [0.29, 0.717) is 0 Å². The Kier molecular flexibility index (Phi) is 5.02. The maximum Gasteiger partial charge on any atom is 0.00805 e. The summed E-state index contributed by atoms with van der Waals surface area (Å²) in [7, 11) is 0. The molecule has 0 aromatic rings. The Morgan fingerprint density at radius 3 is 2.50 bits per heavy atom. The number of rotatable bonds is 3. The van der Waals surface area contributed by atoms with Gasteiger partial charge in [-0.1, -0.05) is 19.8 Å². The maximum atomic E-state index is 3.93. The minimum atomic E-state index is 0.829. The van der Waals surface area contributed by atoms with Crippen molar-refractivity contribution in [2.45, 2.75) is 75.6 Å². The third-order valence-electron chi connectivity index (χ3n) is 4.45. The fourth-order valence-corrected chi connectivity index (χ4v) is 4.09. The topological polar surface area (TPSA) is 12.0 Å². The highest BCUT2D eigenvalue weighted by atomic mass is 32.2. The first-order valence-electron chi connectivity index (χ1n) is 7.06. The Bertz CT molecular complexity index is 207. The van der Waals surface area contributed by atoms with Gasteiger partial charge in [0.05, 0.1) is 0 Å². The third-order valence-corrected chi connectivity index (χ3v) is 5.54. The lowest BCUT2D eigenvalue weighted by Crippen LogP contribution is -2.36. The maximum absolute atomic E-state index is 3.93. The van der Waals surface area contributed by atoms with E-state index in [1.165, 1.54) is 51.4 Å². The molecule has 0 aromatic carbocycles. The molecule has 2 rings (SSSR count). The summed E-state index contributed by atoms with van der Waals surface area (Å²) in [5.41, 5.74) is 0. The van der Waals surface area contributed by atoms with Crippen molar-refractivity contribution in [1.82, 2.24) is 5.32 Å². The fraction of sp³-hybridized carbons (Fsp3) is 1.00. The zero-order valence-corrected chi connectivity index (χ0v) is 11.7. The normalized spacial score (nSPS) is 40.9. The SMILES string of the molecule is CSC1CCC(NC2CCCC(C)CC2)C1. The van der Waals surface area contributed by atoms with E-state index in [4.69, 9.17) is 0 Å². The molecule has 0 spiro atoms. The largest absolute Gasteiger partial charge is 0.311 e. The minimum absolute atomic E-state index is 0.829. The first kappa shape index (κ1) is 12.8. The van der Waals surface area contributed by atoms with Crippen LogP contribution in [0.15, 0.2) is 0 Å². The summed E-state index contributed by atoms with van der Waals surface area (Å²) in [6, 6.07) is 1.66. The van der Waals surface area contributed by atoms with Gasteiger partial charge in [-0.15, -0.1) is 0 Å². The molecule has 0 aromatic heterocycles. The van der Waals surface area contributed by atoms with E-state index in [1.807, 2.05) is 0 Å². The highest BCUT2D eigenvalue weighted by Crippen LogP contribution is 2.30.